The third kappa shape index (κ3) is 2.43. The summed E-state index contributed by atoms with van der Waals surface area (Å²) in [5, 5.41) is 14.2. The molecule has 8 heteroatoms. The fraction of sp³-hybridized carbons (Fsp3) is 0.0769. The second-order valence-corrected chi connectivity index (χ2v) is 6.22. The molecule has 3 rings (SSSR count). The van der Waals surface area contributed by atoms with Gasteiger partial charge in [0.25, 0.3) is 11.6 Å². The van der Waals surface area contributed by atoms with Crippen LogP contribution in [0.4, 0.5) is 5.69 Å². The van der Waals surface area contributed by atoms with Gasteiger partial charge in [0.1, 0.15) is 4.32 Å². The molecule has 106 valence electrons. The topological polar surface area (TPSA) is 88.0 Å². The quantitative estimate of drug-likeness (QED) is 0.384. The summed E-state index contributed by atoms with van der Waals surface area (Å²) < 4.78 is 0.430. The van der Waals surface area contributed by atoms with E-state index in [0.29, 0.717) is 14.7 Å². The average molecular weight is 319 g/mol. The Morgan fingerprint density at radius 3 is 2.81 bits per heavy atom. The van der Waals surface area contributed by atoms with Gasteiger partial charge < -0.3 is 10.3 Å². The Morgan fingerprint density at radius 2 is 2.19 bits per heavy atom. The summed E-state index contributed by atoms with van der Waals surface area (Å²) in [4.78, 5) is 25.7. The number of non-ortho nitro benzene ring substituents is 1. The van der Waals surface area contributed by atoms with Gasteiger partial charge >= 0.3 is 0 Å². The van der Waals surface area contributed by atoms with Crippen molar-refractivity contribution in [3.8, 4) is 0 Å². The molecule has 2 heterocycles. The molecular formula is C13H9N3O3S2. The summed E-state index contributed by atoms with van der Waals surface area (Å²) in [6.07, 6.45) is 1.75. The van der Waals surface area contributed by atoms with Crippen LogP contribution in [-0.2, 0) is 4.79 Å². The molecule has 0 spiro atoms. The van der Waals surface area contributed by atoms with Crippen LogP contribution in [0.25, 0.3) is 17.0 Å². The molecule has 0 radical (unpaired) electrons. The maximum Gasteiger partial charge on any atom is 0.271 e. The second-order valence-electron chi connectivity index (χ2n) is 4.50. The molecule has 6 nitrogen and oxygen atoms in total. The number of aromatic nitrogens is 1. The first-order chi connectivity index (χ1) is 9.95. The maximum absolute atomic E-state index is 11.7. The molecule has 21 heavy (non-hydrogen) atoms. The first-order valence-corrected chi connectivity index (χ1v) is 7.20. The fourth-order valence-electron chi connectivity index (χ4n) is 2.19. The van der Waals surface area contributed by atoms with E-state index in [1.54, 1.807) is 12.1 Å². The lowest BCUT2D eigenvalue weighted by molar-refractivity contribution is -0.384. The Bertz CT molecular complexity index is 839. The third-order valence-corrected chi connectivity index (χ3v) is 4.31. The van der Waals surface area contributed by atoms with E-state index >= 15 is 0 Å². The fourth-order valence-corrected chi connectivity index (χ4v) is 3.22. The van der Waals surface area contributed by atoms with Gasteiger partial charge in [0.2, 0.25) is 0 Å². The van der Waals surface area contributed by atoms with Gasteiger partial charge in [0.05, 0.1) is 15.3 Å². The molecule has 1 aromatic carbocycles. The van der Waals surface area contributed by atoms with Crippen LogP contribution in [0, 0.1) is 17.0 Å². The van der Waals surface area contributed by atoms with Crippen molar-refractivity contribution in [3.05, 3.63) is 44.5 Å². The number of nitro benzene ring substituents is 1. The van der Waals surface area contributed by atoms with Crippen molar-refractivity contribution in [3.63, 3.8) is 0 Å². The smallest absolute Gasteiger partial charge is 0.271 e. The number of nitrogens with one attached hydrogen (secondary N) is 2. The Balaban J connectivity index is 2.13. The first-order valence-electron chi connectivity index (χ1n) is 5.97. The van der Waals surface area contributed by atoms with Crippen LogP contribution in [0.3, 0.4) is 0 Å². The van der Waals surface area contributed by atoms with Gasteiger partial charge in [-0.2, -0.15) is 0 Å². The predicted molar refractivity (Wildman–Crippen MR) is 86.0 cm³/mol. The summed E-state index contributed by atoms with van der Waals surface area (Å²) in [5.74, 6) is -0.222. The van der Waals surface area contributed by atoms with Crippen molar-refractivity contribution >= 4 is 56.9 Å². The van der Waals surface area contributed by atoms with Gasteiger partial charge in [-0.05, 0) is 19.1 Å². The van der Waals surface area contributed by atoms with Gasteiger partial charge in [0, 0.05) is 28.8 Å². The summed E-state index contributed by atoms with van der Waals surface area (Å²) >= 11 is 6.16. The van der Waals surface area contributed by atoms with Crippen molar-refractivity contribution in [2.45, 2.75) is 6.92 Å². The highest BCUT2D eigenvalue weighted by molar-refractivity contribution is 8.26. The Kier molecular flexibility index (Phi) is 3.26. The van der Waals surface area contributed by atoms with Gasteiger partial charge in [-0.3, -0.25) is 14.9 Å². The molecule has 0 saturated carbocycles. The Labute approximate surface area is 128 Å². The van der Waals surface area contributed by atoms with E-state index in [4.69, 9.17) is 12.2 Å². The van der Waals surface area contributed by atoms with E-state index in [1.807, 2.05) is 6.92 Å². The highest BCUT2D eigenvalue weighted by atomic mass is 32.2. The second kappa shape index (κ2) is 4.97. The lowest BCUT2D eigenvalue weighted by Gasteiger charge is -1.96. The molecule has 2 N–H and O–H groups in total. The summed E-state index contributed by atoms with van der Waals surface area (Å²) in [6, 6.07) is 4.61. The van der Waals surface area contributed by atoms with Crippen molar-refractivity contribution in [1.82, 2.24) is 10.3 Å². The van der Waals surface area contributed by atoms with Gasteiger partial charge in [0.15, 0.2) is 0 Å². The number of benzene rings is 1. The highest BCUT2D eigenvalue weighted by Gasteiger charge is 2.23. The first kappa shape index (κ1) is 13.8. The lowest BCUT2D eigenvalue weighted by atomic mass is 10.1. The summed E-state index contributed by atoms with van der Waals surface area (Å²) in [5.41, 5.74) is 2.36. The van der Waals surface area contributed by atoms with E-state index in [0.717, 1.165) is 16.6 Å². The molecule has 1 aliphatic rings. The standard InChI is InChI=1S/C13H9N3O3S2/c1-6-9(5-11-12(17)15-13(20)21-11)8-3-2-7(16(18)19)4-10(8)14-6/h2-5,14H,1H3,(H,15,17,20)/b11-5-. The Hall–Kier alpha value is -2.19. The average Bonchev–Trinajstić information content (AvgIpc) is 2.89. The number of nitrogens with zero attached hydrogens (tertiary/aromatic N) is 1. The number of nitro groups is 1. The van der Waals surface area contributed by atoms with Gasteiger partial charge in [-0.1, -0.05) is 24.0 Å². The number of fused-ring (bicyclic) bond motifs is 1. The van der Waals surface area contributed by atoms with Gasteiger partial charge in [-0.25, -0.2) is 0 Å². The molecule has 1 fully saturated rings. The number of aryl methyl sites for hydroxylation is 1. The molecule has 0 unspecified atom stereocenters. The number of aromatic amines is 1. The summed E-state index contributed by atoms with van der Waals surface area (Å²) in [6.45, 7) is 1.86. The van der Waals surface area contributed by atoms with Crippen molar-refractivity contribution in [2.24, 2.45) is 0 Å². The van der Waals surface area contributed by atoms with E-state index < -0.39 is 4.92 Å². The zero-order chi connectivity index (χ0) is 15.1. The van der Waals surface area contributed by atoms with Crippen molar-refractivity contribution in [1.29, 1.82) is 0 Å². The lowest BCUT2D eigenvalue weighted by Crippen LogP contribution is -2.17. The number of hydrogen-bond donors (Lipinski definition) is 2. The molecule has 1 aliphatic heterocycles. The van der Waals surface area contributed by atoms with Gasteiger partial charge in [-0.15, -0.1) is 0 Å². The zero-order valence-electron chi connectivity index (χ0n) is 10.8. The van der Waals surface area contributed by atoms with Crippen molar-refractivity contribution < 1.29 is 9.72 Å². The molecule has 1 amide bonds. The molecule has 1 aromatic heterocycles. The van der Waals surface area contributed by atoms with Crippen LogP contribution in [-0.4, -0.2) is 20.1 Å². The number of rotatable bonds is 2. The van der Waals surface area contributed by atoms with Crippen LogP contribution in [0.15, 0.2) is 23.1 Å². The minimum atomic E-state index is -0.438. The number of amides is 1. The van der Waals surface area contributed by atoms with Crippen LogP contribution in [0.2, 0.25) is 0 Å². The summed E-state index contributed by atoms with van der Waals surface area (Å²) in [7, 11) is 0. The number of thioether (sulfide) groups is 1. The maximum atomic E-state index is 11.7. The predicted octanol–water partition coefficient (Wildman–Crippen LogP) is 2.87. The number of H-pyrrole nitrogens is 1. The van der Waals surface area contributed by atoms with E-state index in [2.05, 4.69) is 10.3 Å². The number of thiocarbonyl (C=S) groups is 1. The number of carbonyl (C=O) groups excluding carboxylic acids is 1. The molecular weight excluding hydrogens is 310 g/mol. The minimum absolute atomic E-state index is 0.0251. The number of hydrogen-bond acceptors (Lipinski definition) is 5. The van der Waals surface area contributed by atoms with Crippen molar-refractivity contribution in [2.75, 3.05) is 0 Å². The largest absolute Gasteiger partial charge is 0.358 e. The minimum Gasteiger partial charge on any atom is -0.358 e. The normalized spacial score (nSPS) is 16.7. The molecule has 0 atom stereocenters. The highest BCUT2D eigenvalue weighted by Crippen LogP contribution is 2.31. The van der Waals surface area contributed by atoms with E-state index in [-0.39, 0.29) is 11.6 Å². The SMILES string of the molecule is Cc1[nH]c2cc([N+](=O)[O-])ccc2c1/C=C1\SC(=S)NC1=O. The third-order valence-electron chi connectivity index (χ3n) is 3.15. The van der Waals surface area contributed by atoms with E-state index in [9.17, 15) is 14.9 Å². The van der Waals surface area contributed by atoms with Crippen LogP contribution >= 0.6 is 24.0 Å². The van der Waals surface area contributed by atoms with Crippen LogP contribution in [0.5, 0.6) is 0 Å². The molecule has 0 bridgehead atoms. The molecule has 0 aliphatic carbocycles. The Morgan fingerprint density at radius 1 is 1.43 bits per heavy atom. The number of carbonyl (C=O) groups is 1. The zero-order valence-corrected chi connectivity index (χ0v) is 12.4. The monoisotopic (exact) mass is 319 g/mol. The molecule has 2 aromatic rings. The van der Waals surface area contributed by atoms with Crippen LogP contribution in [0.1, 0.15) is 11.3 Å². The van der Waals surface area contributed by atoms with Crippen LogP contribution < -0.4 is 5.32 Å². The van der Waals surface area contributed by atoms with E-state index in [1.165, 1.54) is 23.9 Å². The molecule has 1 saturated heterocycles.